The topological polar surface area (TPSA) is 9.23 Å². The van der Waals surface area contributed by atoms with Crippen LogP contribution in [0.15, 0.2) is 18.2 Å². The van der Waals surface area contributed by atoms with Crippen LogP contribution in [0.1, 0.15) is 18.9 Å². The van der Waals surface area contributed by atoms with E-state index in [4.69, 9.17) is 27.9 Å². The summed E-state index contributed by atoms with van der Waals surface area (Å²) in [6.45, 7) is 3.56. The van der Waals surface area contributed by atoms with E-state index in [1.807, 2.05) is 25.1 Å². The summed E-state index contributed by atoms with van der Waals surface area (Å²) in [5, 5.41) is 1.22. The summed E-state index contributed by atoms with van der Waals surface area (Å²) < 4.78 is 5.31. The van der Waals surface area contributed by atoms with Gasteiger partial charge in [-0.3, -0.25) is 0 Å². The maximum Gasteiger partial charge on any atom is 0.0595 e. The summed E-state index contributed by atoms with van der Waals surface area (Å²) in [4.78, 5) is 0.413. The number of benzene rings is 1. The number of ether oxygens (including phenoxy) is 1. The van der Waals surface area contributed by atoms with Gasteiger partial charge >= 0.3 is 0 Å². The van der Waals surface area contributed by atoms with Crippen molar-refractivity contribution < 1.29 is 4.74 Å². The van der Waals surface area contributed by atoms with E-state index >= 15 is 0 Å². The van der Waals surface area contributed by atoms with Crippen molar-refractivity contribution in [2.75, 3.05) is 13.2 Å². The molecular weight excluding hydrogens is 311 g/mol. The molecule has 0 amide bonds. The maximum atomic E-state index is 5.95. The Morgan fingerprint density at radius 1 is 1.31 bits per heavy atom. The van der Waals surface area contributed by atoms with Crippen LogP contribution in [-0.4, -0.2) is 18.0 Å². The van der Waals surface area contributed by atoms with Crippen molar-refractivity contribution in [3.8, 4) is 0 Å². The van der Waals surface area contributed by atoms with Crippen LogP contribution in [0.3, 0.4) is 0 Å². The number of halogens is 3. The Kier molecular flexibility index (Phi) is 6.74. The van der Waals surface area contributed by atoms with Gasteiger partial charge in [0.1, 0.15) is 0 Å². The molecule has 1 atom stereocenters. The second kappa shape index (κ2) is 7.54. The standard InChI is InChI=1S/C12H15BrCl2O/c1-2-16-6-5-10(13)7-9-3-4-11(14)12(15)8-9/h3-4,8,10H,2,5-7H2,1H3. The molecule has 0 saturated carbocycles. The molecule has 0 aliphatic heterocycles. The average Bonchev–Trinajstić information content (AvgIpc) is 2.24. The van der Waals surface area contributed by atoms with Gasteiger partial charge in [0.15, 0.2) is 0 Å². The van der Waals surface area contributed by atoms with Gasteiger partial charge in [0.25, 0.3) is 0 Å². The fourth-order valence-corrected chi connectivity index (χ4v) is 2.26. The minimum atomic E-state index is 0.413. The smallest absolute Gasteiger partial charge is 0.0595 e. The number of rotatable bonds is 6. The van der Waals surface area contributed by atoms with E-state index in [1.165, 1.54) is 5.56 Å². The first-order chi connectivity index (χ1) is 7.63. The maximum absolute atomic E-state index is 5.95. The highest BCUT2D eigenvalue weighted by molar-refractivity contribution is 9.09. The van der Waals surface area contributed by atoms with Gasteiger partial charge in [0.05, 0.1) is 10.0 Å². The van der Waals surface area contributed by atoms with E-state index in [-0.39, 0.29) is 0 Å². The molecule has 0 saturated heterocycles. The SMILES string of the molecule is CCOCCC(Br)Cc1ccc(Cl)c(Cl)c1. The molecule has 0 aromatic heterocycles. The third-order valence-electron chi connectivity index (χ3n) is 2.22. The van der Waals surface area contributed by atoms with Gasteiger partial charge in [-0.15, -0.1) is 0 Å². The van der Waals surface area contributed by atoms with Crippen LogP contribution in [0, 0.1) is 0 Å². The lowest BCUT2D eigenvalue weighted by atomic mass is 10.1. The molecule has 0 spiro atoms. The lowest BCUT2D eigenvalue weighted by molar-refractivity contribution is 0.145. The molecule has 4 heteroatoms. The van der Waals surface area contributed by atoms with Gasteiger partial charge in [-0.1, -0.05) is 45.2 Å². The van der Waals surface area contributed by atoms with Gasteiger partial charge in [-0.05, 0) is 37.5 Å². The third kappa shape index (κ3) is 5.05. The van der Waals surface area contributed by atoms with Crippen molar-refractivity contribution in [3.63, 3.8) is 0 Å². The molecule has 1 unspecified atom stereocenters. The summed E-state index contributed by atoms with van der Waals surface area (Å²) in [6, 6.07) is 5.75. The molecule has 16 heavy (non-hydrogen) atoms. The largest absolute Gasteiger partial charge is 0.382 e. The monoisotopic (exact) mass is 324 g/mol. The number of hydrogen-bond acceptors (Lipinski definition) is 1. The molecule has 0 aliphatic rings. The summed E-state index contributed by atoms with van der Waals surface area (Å²) in [6.07, 6.45) is 1.93. The van der Waals surface area contributed by atoms with Crippen molar-refractivity contribution in [1.29, 1.82) is 0 Å². The van der Waals surface area contributed by atoms with E-state index in [9.17, 15) is 0 Å². The summed E-state index contributed by atoms with van der Waals surface area (Å²) in [7, 11) is 0. The van der Waals surface area contributed by atoms with Gasteiger partial charge in [-0.25, -0.2) is 0 Å². The minimum Gasteiger partial charge on any atom is -0.382 e. The van der Waals surface area contributed by atoms with Crippen molar-refractivity contribution in [1.82, 2.24) is 0 Å². The van der Waals surface area contributed by atoms with Gasteiger partial charge in [0.2, 0.25) is 0 Å². The molecule has 0 aliphatic carbocycles. The van der Waals surface area contributed by atoms with E-state index < -0.39 is 0 Å². The highest BCUT2D eigenvalue weighted by atomic mass is 79.9. The van der Waals surface area contributed by atoms with Crippen LogP contribution in [0.25, 0.3) is 0 Å². The van der Waals surface area contributed by atoms with Crippen LogP contribution in [0.5, 0.6) is 0 Å². The zero-order valence-electron chi connectivity index (χ0n) is 9.18. The predicted octanol–water partition coefficient (Wildman–Crippen LogP) is 4.73. The first kappa shape index (κ1) is 14.3. The highest BCUT2D eigenvalue weighted by Gasteiger charge is 2.07. The number of alkyl halides is 1. The second-order valence-corrected chi connectivity index (χ2v) is 5.64. The fourth-order valence-electron chi connectivity index (χ4n) is 1.38. The lowest BCUT2D eigenvalue weighted by Crippen LogP contribution is -2.07. The van der Waals surface area contributed by atoms with E-state index in [0.29, 0.717) is 14.9 Å². The summed E-state index contributed by atoms with van der Waals surface area (Å²) in [5.74, 6) is 0. The van der Waals surface area contributed by atoms with Gasteiger partial charge < -0.3 is 4.74 Å². The minimum absolute atomic E-state index is 0.413. The summed E-state index contributed by atoms with van der Waals surface area (Å²) in [5.41, 5.74) is 1.19. The molecule has 0 bridgehead atoms. The van der Waals surface area contributed by atoms with E-state index in [2.05, 4.69) is 15.9 Å². The lowest BCUT2D eigenvalue weighted by Gasteiger charge is -2.10. The summed E-state index contributed by atoms with van der Waals surface area (Å²) >= 11 is 15.4. The van der Waals surface area contributed by atoms with Gasteiger partial charge in [0, 0.05) is 18.0 Å². The Bertz CT molecular complexity index is 331. The van der Waals surface area contributed by atoms with Crippen LogP contribution in [-0.2, 0) is 11.2 Å². The Morgan fingerprint density at radius 2 is 2.06 bits per heavy atom. The van der Waals surface area contributed by atoms with Crippen molar-refractivity contribution in [2.45, 2.75) is 24.6 Å². The first-order valence-electron chi connectivity index (χ1n) is 5.29. The highest BCUT2D eigenvalue weighted by Crippen LogP contribution is 2.24. The Labute approximate surface area is 115 Å². The Morgan fingerprint density at radius 3 is 2.69 bits per heavy atom. The Hall–Kier alpha value is 0.240. The molecule has 90 valence electrons. The van der Waals surface area contributed by atoms with Crippen LogP contribution in [0.2, 0.25) is 10.0 Å². The normalized spacial score (nSPS) is 12.8. The molecular formula is C12H15BrCl2O. The quantitative estimate of drug-likeness (QED) is 0.543. The first-order valence-corrected chi connectivity index (χ1v) is 6.96. The molecule has 0 radical (unpaired) electrons. The zero-order valence-corrected chi connectivity index (χ0v) is 12.3. The molecule has 1 aromatic carbocycles. The van der Waals surface area contributed by atoms with Crippen LogP contribution >= 0.6 is 39.1 Å². The molecule has 0 N–H and O–H groups in total. The molecule has 1 rings (SSSR count). The average molecular weight is 326 g/mol. The van der Waals surface area contributed by atoms with Crippen molar-refractivity contribution in [3.05, 3.63) is 33.8 Å². The van der Waals surface area contributed by atoms with Crippen molar-refractivity contribution >= 4 is 39.1 Å². The fraction of sp³-hybridized carbons (Fsp3) is 0.500. The molecule has 0 heterocycles. The number of hydrogen-bond donors (Lipinski definition) is 0. The molecule has 1 nitrogen and oxygen atoms in total. The van der Waals surface area contributed by atoms with Crippen molar-refractivity contribution in [2.24, 2.45) is 0 Å². The zero-order chi connectivity index (χ0) is 12.0. The third-order valence-corrected chi connectivity index (χ3v) is 3.74. The second-order valence-electron chi connectivity index (χ2n) is 3.54. The Balaban J connectivity index is 2.43. The molecule has 1 aromatic rings. The van der Waals surface area contributed by atoms with Gasteiger partial charge in [-0.2, -0.15) is 0 Å². The predicted molar refractivity (Wildman–Crippen MR) is 74.0 cm³/mol. The molecule has 0 fully saturated rings. The van der Waals surface area contributed by atoms with Crippen LogP contribution in [0.4, 0.5) is 0 Å². The van der Waals surface area contributed by atoms with E-state index in [0.717, 1.165) is 26.1 Å². The van der Waals surface area contributed by atoms with E-state index in [1.54, 1.807) is 0 Å². The van der Waals surface area contributed by atoms with Crippen LogP contribution < -0.4 is 0 Å².